The molecule has 0 saturated carbocycles. The van der Waals surface area contributed by atoms with Crippen molar-refractivity contribution in [3.8, 4) is 0 Å². The van der Waals surface area contributed by atoms with Gasteiger partial charge in [-0.15, -0.1) is 0 Å². The highest BCUT2D eigenvalue weighted by molar-refractivity contribution is 7.85. The predicted octanol–water partition coefficient (Wildman–Crippen LogP) is 2.52. The standard InChI is InChI=1S/C16H32N2O3S/c1-15(2,3)18(14(19)21-16(4,5)6)10-9-17-13-7-11-22(20)12-8-13/h13,17H,7-12H2,1-6H3. The van der Waals surface area contributed by atoms with Crippen molar-refractivity contribution < 1.29 is 13.7 Å². The zero-order valence-corrected chi connectivity index (χ0v) is 15.7. The topological polar surface area (TPSA) is 58.6 Å². The van der Waals surface area contributed by atoms with Crippen molar-refractivity contribution in [3.63, 3.8) is 0 Å². The van der Waals surface area contributed by atoms with Gasteiger partial charge in [-0.05, 0) is 54.4 Å². The van der Waals surface area contributed by atoms with E-state index in [1.165, 1.54) is 0 Å². The molecule has 22 heavy (non-hydrogen) atoms. The van der Waals surface area contributed by atoms with Crippen LogP contribution in [0.5, 0.6) is 0 Å². The summed E-state index contributed by atoms with van der Waals surface area (Å²) in [5.74, 6) is 1.57. The Hall–Kier alpha value is -0.620. The van der Waals surface area contributed by atoms with Crippen LogP contribution in [0, 0.1) is 0 Å². The van der Waals surface area contributed by atoms with Crippen LogP contribution in [0.25, 0.3) is 0 Å². The van der Waals surface area contributed by atoms with E-state index in [9.17, 15) is 9.00 Å². The van der Waals surface area contributed by atoms with E-state index >= 15 is 0 Å². The first kappa shape index (κ1) is 19.4. The van der Waals surface area contributed by atoms with E-state index in [0.29, 0.717) is 12.6 Å². The molecule has 1 rings (SSSR count). The number of ether oxygens (including phenoxy) is 1. The van der Waals surface area contributed by atoms with Gasteiger partial charge in [0.15, 0.2) is 0 Å². The summed E-state index contributed by atoms with van der Waals surface area (Å²) in [5, 5.41) is 3.48. The van der Waals surface area contributed by atoms with E-state index < -0.39 is 16.4 Å². The first-order valence-electron chi connectivity index (χ1n) is 8.08. The van der Waals surface area contributed by atoms with Gasteiger partial charge in [0, 0.05) is 47.0 Å². The summed E-state index contributed by atoms with van der Waals surface area (Å²) in [6, 6.07) is 0.415. The summed E-state index contributed by atoms with van der Waals surface area (Å²) in [4.78, 5) is 14.1. The number of hydrogen-bond acceptors (Lipinski definition) is 4. The molecule has 1 saturated heterocycles. The lowest BCUT2D eigenvalue weighted by atomic mass is 10.1. The normalized spacial score (nSPS) is 23.2. The van der Waals surface area contributed by atoms with Gasteiger partial charge in [-0.3, -0.25) is 4.21 Å². The molecular formula is C16H32N2O3S. The van der Waals surface area contributed by atoms with Gasteiger partial charge in [-0.2, -0.15) is 0 Å². The number of nitrogens with one attached hydrogen (secondary N) is 1. The van der Waals surface area contributed by atoms with Crippen molar-refractivity contribution in [2.24, 2.45) is 0 Å². The second kappa shape index (κ2) is 7.77. The van der Waals surface area contributed by atoms with E-state index in [-0.39, 0.29) is 11.6 Å². The Labute approximate surface area is 137 Å². The molecule has 6 heteroatoms. The monoisotopic (exact) mass is 332 g/mol. The van der Waals surface area contributed by atoms with Crippen LogP contribution in [0.4, 0.5) is 4.79 Å². The van der Waals surface area contributed by atoms with Crippen molar-refractivity contribution in [2.45, 2.75) is 71.6 Å². The molecule has 0 spiro atoms. The lowest BCUT2D eigenvalue weighted by molar-refractivity contribution is 0.00645. The quantitative estimate of drug-likeness (QED) is 0.859. The maximum atomic E-state index is 12.4. The molecule has 5 nitrogen and oxygen atoms in total. The fraction of sp³-hybridized carbons (Fsp3) is 0.938. The molecule has 130 valence electrons. The molecule has 0 aromatic rings. The maximum absolute atomic E-state index is 12.4. The van der Waals surface area contributed by atoms with Crippen molar-refractivity contribution in [3.05, 3.63) is 0 Å². The number of hydrogen-bond donors (Lipinski definition) is 1. The summed E-state index contributed by atoms with van der Waals surface area (Å²) in [6.45, 7) is 13.0. The number of carbonyl (C=O) groups is 1. The molecule has 1 fully saturated rings. The molecule has 1 amide bonds. The smallest absolute Gasteiger partial charge is 0.410 e. The predicted molar refractivity (Wildman–Crippen MR) is 91.6 cm³/mol. The van der Waals surface area contributed by atoms with Crippen LogP contribution < -0.4 is 5.32 Å². The van der Waals surface area contributed by atoms with E-state index in [1.807, 2.05) is 41.5 Å². The molecule has 1 aliphatic heterocycles. The van der Waals surface area contributed by atoms with Gasteiger partial charge in [0.25, 0.3) is 0 Å². The highest BCUT2D eigenvalue weighted by atomic mass is 32.2. The number of amides is 1. The van der Waals surface area contributed by atoms with Gasteiger partial charge in [0.05, 0.1) is 0 Å². The molecule has 0 radical (unpaired) electrons. The third kappa shape index (κ3) is 7.09. The third-order valence-electron chi connectivity index (χ3n) is 3.58. The van der Waals surface area contributed by atoms with Crippen LogP contribution in [-0.4, -0.2) is 57.0 Å². The Bertz CT molecular complexity index is 389. The van der Waals surface area contributed by atoms with Crippen molar-refractivity contribution >= 4 is 16.9 Å². The van der Waals surface area contributed by atoms with Gasteiger partial charge < -0.3 is 15.0 Å². The first-order valence-corrected chi connectivity index (χ1v) is 9.57. The second-order valence-corrected chi connectivity index (χ2v) is 9.58. The average Bonchev–Trinajstić information content (AvgIpc) is 2.32. The fourth-order valence-corrected chi connectivity index (χ4v) is 3.69. The van der Waals surface area contributed by atoms with Crippen molar-refractivity contribution in [1.82, 2.24) is 10.2 Å². The number of rotatable bonds is 4. The van der Waals surface area contributed by atoms with Crippen LogP contribution >= 0.6 is 0 Å². The number of nitrogens with zero attached hydrogens (tertiary/aromatic N) is 1. The van der Waals surface area contributed by atoms with E-state index in [1.54, 1.807) is 4.90 Å². The molecular weight excluding hydrogens is 300 g/mol. The molecule has 0 aliphatic carbocycles. The molecule has 1 aliphatic rings. The summed E-state index contributed by atoms with van der Waals surface area (Å²) >= 11 is 0. The van der Waals surface area contributed by atoms with Crippen molar-refractivity contribution in [2.75, 3.05) is 24.6 Å². The second-order valence-electron chi connectivity index (χ2n) is 7.88. The Morgan fingerprint density at radius 3 is 2.18 bits per heavy atom. The Morgan fingerprint density at radius 2 is 1.73 bits per heavy atom. The highest BCUT2D eigenvalue weighted by Crippen LogP contribution is 2.18. The van der Waals surface area contributed by atoms with Crippen molar-refractivity contribution in [1.29, 1.82) is 0 Å². The summed E-state index contributed by atoms with van der Waals surface area (Å²) < 4.78 is 16.9. The lowest BCUT2D eigenvalue weighted by Gasteiger charge is -2.37. The number of carbonyl (C=O) groups excluding carboxylic acids is 1. The molecule has 0 bridgehead atoms. The molecule has 1 heterocycles. The van der Waals surface area contributed by atoms with E-state index in [0.717, 1.165) is 30.9 Å². The summed E-state index contributed by atoms with van der Waals surface area (Å²) in [7, 11) is -0.633. The molecule has 0 aromatic carbocycles. The van der Waals surface area contributed by atoms with Gasteiger partial charge >= 0.3 is 6.09 Å². The Kier molecular flexibility index (Phi) is 6.86. The van der Waals surface area contributed by atoms with Crippen LogP contribution in [0.15, 0.2) is 0 Å². The van der Waals surface area contributed by atoms with Gasteiger partial charge in [-0.25, -0.2) is 4.79 Å². The minimum absolute atomic E-state index is 0.272. The molecule has 0 aromatic heterocycles. The largest absolute Gasteiger partial charge is 0.444 e. The van der Waals surface area contributed by atoms with Crippen LogP contribution in [0.1, 0.15) is 54.4 Å². The Morgan fingerprint density at radius 1 is 1.18 bits per heavy atom. The third-order valence-corrected chi connectivity index (χ3v) is 4.96. The molecule has 0 unspecified atom stereocenters. The minimum Gasteiger partial charge on any atom is -0.444 e. The zero-order valence-electron chi connectivity index (χ0n) is 14.9. The first-order chi connectivity index (χ1) is 9.99. The average molecular weight is 333 g/mol. The van der Waals surface area contributed by atoms with Crippen LogP contribution in [0.3, 0.4) is 0 Å². The Balaban J connectivity index is 2.49. The van der Waals surface area contributed by atoms with Crippen LogP contribution in [-0.2, 0) is 15.5 Å². The zero-order chi connectivity index (χ0) is 17.0. The van der Waals surface area contributed by atoms with E-state index in [2.05, 4.69) is 5.32 Å². The van der Waals surface area contributed by atoms with E-state index in [4.69, 9.17) is 4.74 Å². The minimum atomic E-state index is -0.633. The molecule has 0 atom stereocenters. The maximum Gasteiger partial charge on any atom is 0.410 e. The van der Waals surface area contributed by atoms with Gasteiger partial charge in [0.1, 0.15) is 5.60 Å². The summed E-state index contributed by atoms with van der Waals surface area (Å²) in [5.41, 5.74) is -0.764. The van der Waals surface area contributed by atoms with Crippen LogP contribution in [0.2, 0.25) is 0 Å². The van der Waals surface area contributed by atoms with Gasteiger partial charge in [0.2, 0.25) is 0 Å². The molecule has 1 N–H and O–H groups in total. The van der Waals surface area contributed by atoms with Gasteiger partial charge in [-0.1, -0.05) is 0 Å². The lowest BCUT2D eigenvalue weighted by Crippen LogP contribution is -2.51. The highest BCUT2D eigenvalue weighted by Gasteiger charge is 2.30. The summed E-state index contributed by atoms with van der Waals surface area (Å²) in [6.07, 6.45) is 1.63. The SMILES string of the molecule is CC(C)(C)OC(=O)N(CCNC1CCS(=O)CC1)C(C)(C)C. The fourth-order valence-electron chi connectivity index (χ4n) is 2.40.